The van der Waals surface area contributed by atoms with Gasteiger partial charge in [0.05, 0.1) is 0 Å². The van der Waals surface area contributed by atoms with E-state index in [1.54, 1.807) is 0 Å². The zero-order valence-electron chi connectivity index (χ0n) is 33.5. The van der Waals surface area contributed by atoms with Crippen molar-refractivity contribution in [1.82, 2.24) is 0 Å². The largest absolute Gasteiger partial charge is 0.460 e. The van der Waals surface area contributed by atoms with E-state index in [4.69, 9.17) is 4.74 Å². The predicted molar refractivity (Wildman–Crippen MR) is 210 cm³/mol. The van der Waals surface area contributed by atoms with Crippen molar-refractivity contribution in [3.05, 3.63) is 0 Å². The molecule has 0 bridgehead atoms. The fraction of sp³-hybridized carbons (Fsp3) is 0.955. The summed E-state index contributed by atoms with van der Waals surface area (Å²) in [5, 5.41) is 22.4. The molecule has 0 saturated heterocycles. The van der Waals surface area contributed by atoms with Crippen LogP contribution in [-0.2, 0) is 14.3 Å². The number of hydrogen-bond donors (Lipinski definition) is 2. The maximum atomic E-state index is 13.5. The Kier molecular flexibility index (Phi) is 34.8. The van der Waals surface area contributed by atoms with Gasteiger partial charge in [-0.05, 0) is 38.5 Å². The van der Waals surface area contributed by atoms with Crippen LogP contribution in [0.5, 0.6) is 0 Å². The highest BCUT2D eigenvalue weighted by Crippen LogP contribution is 2.25. The van der Waals surface area contributed by atoms with Crippen LogP contribution in [0.2, 0.25) is 0 Å². The number of carbonyl (C=O) groups is 2. The van der Waals surface area contributed by atoms with Crippen molar-refractivity contribution in [2.45, 2.75) is 270 Å². The number of aliphatic hydroxyl groups excluding tert-OH is 1. The number of carbonyl (C=O) groups excluding carboxylic acids is 2. The average Bonchev–Trinajstić information content (AvgIpc) is 3.10. The molecule has 0 aliphatic rings. The third-order valence-electron chi connectivity index (χ3n) is 10.6. The number of Topliss-reactive ketones (excluding diaryl/α,β-unsaturated/α-hetero) is 1. The fourth-order valence-electron chi connectivity index (χ4n) is 7.06. The van der Waals surface area contributed by atoms with E-state index < -0.39 is 23.5 Å². The van der Waals surface area contributed by atoms with Gasteiger partial charge in [-0.25, -0.2) is 4.79 Å². The van der Waals surface area contributed by atoms with Gasteiger partial charge in [0.15, 0.2) is 0 Å². The summed E-state index contributed by atoms with van der Waals surface area (Å²) >= 11 is 0. The van der Waals surface area contributed by atoms with Crippen LogP contribution in [0, 0.1) is 0 Å². The smallest absolute Gasteiger partial charge is 0.346 e. The molecule has 0 aromatic carbocycles. The first-order chi connectivity index (χ1) is 23.9. The van der Waals surface area contributed by atoms with Crippen LogP contribution < -0.4 is 0 Å². The lowest BCUT2D eigenvalue weighted by Gasteiger charge is -2.29. The van der Waals surface area contributed by atoms with Crippen molar-refractivity contribution in [3.63, 3.8) is 0 Å². The molecule has 0 aromatic rings. The molecule has 0 heterocycles. The van der Waals surface area contributed by atoms with Crippen LogP contribution in [0.15, 0.2) is 0 Å². The Labute approximate surface area is 305 Å². The molecule has 0 fully saturated rings. The van der Waals surface area contributed by atoms with Gasteiger partial charge in [0, 0.05) is 0 Å². The highest BCUT2D eigenvalue weighted by atomic mass is 16.6. The highest BCUT2D eigenvalue weighted by molar-refractivity contribution is 6.08. The van der Waals surface area contributed by atoms with Crippen molar-refractivity contribution in [1.29, 1.82) is 0 Å². The monoisotopic (exact) mass is 695 g/mol. The molecule has 0 saturated carbocycles. The maximum Gasteiger partial charge on any atom is 0.346 e. The number of esters is 1. The molecule has 2 N–H and O–H groups in total. The molecule has 0 amide bonds. The van der Waals surface area contributed by atoms with Crippen molar-refractivity contribution in [2.24, 2.45) is 0 Å². The molecule has 292 valence electrons. The quantitative estimate of drug-likeness (QED) is 0.0380. The summed E-state index contributed by atoms with van der Waals surface area (Å²) in [4.78, 5) is 26.8. The lowest BCUT2D eigenvalue weighted by Crippen LogP contribution is -2.53. The van der Waals surface area contributed by atoms with Gasteiger partial charge in [-0.15, -0.1) is 0 Å². The summed E-state index contributed by atoms with van der Waals surface area (Å²) in [6, 6.07) is 0. The van der Waals surface area contributed by atoms with E-state index >= 15 is 0 Å². The SMILES string of the molecule is CCCCCCCCCCCCCCCCC(O)C(=O)C(O)(CCCCCCCCCCCCCCCC)C(=O)OC(CC)CCCCC. The second kappa shape index (κ2) is 35.5. The summed E-state index contributed by atoms with van der Waals surface area (Å²) in [7, 11) is 0. The zero-order chi connectivity index (χ0) is 36.3. The molecule has 5 heteroatoms. The minimum absolute atomic E-state index is 0.0316. The predicted octanol–water partition coefficient (Wildman–Crippen LogP) is 13.3. The number of ketones is 1. The van der Waals surface area contributed by atoms with Gasteiger partial charge in [-0.2, -0.15) is 0 Å². The third kappa shape index (κ3) is 27.4. The zero-order valence-corrected chi connectivity index (χ0v) is 33.5. The molecule has 3 unspecified atom stereocenters. The number of ether oxygens (including phenoxy) is 1. The summed E-state index contributed by atoms with van der Waals surface area (Å²) < 4.78 is 5.76. The van der Waals surface area contributed by atoms with Gasteiger partial charge in [0.2, 0.25) is 11.4 Å². The topological polar surface area (TPSA) is 83.8 Å². The van der Waals surface area contributed by atoms with Crippen molar-refractivity contribution in [3.8, 4) is 0 Å². The van der Waals surface area contributed by atoms with E-state index in [1.807, 2.05) is 6.92 Å². The average molecular weight is 695 g/mol. The summed E-state index contributed by atoms with van der Waals surface area (Å²) in [5.74, 6) is -1.61. The molecule has 49 heavy (non-hydrogen) atoms. The number of unbranched alkanes of at least 4 members (excludes halogenated alkanes) is 28. The summed E-state index contributed by atoms with van der Waals surface area (Å²) in [6.45, 7) is 8.64. The van der Waals surface area contributed by atoms with E-state index in [0.29, 0.717) is 19.3 Å². The molecular formula is C44H86O5. The highest BCUT2D eigenvalue weighted by Gasteiger charge is 2.48. The van der Waals surface area contributed by atoms with Crippen molar-refractivity contribution in [2.75, 3.05) is 0 Å². The number of rotatable bonds is 39. The fourth-order valence-corrected chi connectivity index (χ4v) is 7.06. The van der Waals surface area contributed by atoms with E-state index in [0.717, 1.165) is 64.2 Å². The van der Waals surface area contributed by atoms with Crippen LogP contribution in [0.4, 0.5) is 0 Å². The Hall–Kier alpha value is -0.940. The second-order valence-corrected chi connectivity index (χ2v) is 15.4. The first-order valence-corrected chi connectivity index (χ1v) is 22.0. The number of aliphatic hydroxyl groups is 2. The van der Waals surface area contributed by atoms with Gasteiger partial charge >= 0.3 is 5.97 Å². The Morgan fingerprint density at radius 1 is 0.469 bits per heavy atom. The van der Waals surface area contributed by atoms with Crippen LogP contribution in [0.3, 0.4) is 0 Å². The maximum absolute atomic E-state index is 13.5. The molecule has 3 atom stereocenters. The molecule has 0 aliphatic heterocycles. The lowest BCUT2D eigenvalue weighted by molar-refractivity contribution is -0.179. The Bertz CT molecular complexity index is 724. The third-order valence-corrected chi connectivity index (χ3v) is 10.6. The van der Waals surface area contributed by atoms with Crippen molar-refractivity contribution < 1.29 is 24.5 Å². The van der Waals surface area contributed by atoms with E-state index in [9.17, 15) is 19.8 Å². The van der Waals surface area contributed by atoms with E-state index in [-0.39, 0.29) is 12.5 Å². The van der Waals surface area contributed by atoms with Crippen LogP contribution >= 0.6 is 0 Å². The normalized spacial score (nSPS) is 14.1. The minimum Gasteiger partial charge on any atom is -0.460 e. The van der Waals surface area contributed by atoms with Crippen LogP contribution in [0.25, 0.3) is 0 Å². The van der Waals surface area contributed by atoms with Gasteiger partial charge in [0.25, 0.3) is 0 Å². The van der Waals surface area contributed by atoms with Gasteiger partial charge in [-0.3, -0.25) is 4.79 Å². The first kappa shape index (κ1) is 48.1. The molecule has 5 nitrogen and oxygen atoms in total. The Morgan fingerprint density at radius 2 is 0.776 bits per heavy atom. The Morgan fingerprint density at radius 3 is 1.14 bits per heavy atom. The van der Waals surface area contributed by atoms with Gasteiger partial charge in [0.1, 0.15) is 12.2 Å². The summed E-state index contributed by atoms with van der Waals surface area (Å²) in [5.41, 5.74) is -2.26. The molecule has 0 radical (unpaired) electrons. The van der Waals surface area contributed by atoms with Crippen molar-refractivity contribution >= 4 is 11.8 Å². The first-order valence-electron chi connectivity index (χ1n) is 22.0. The molecule has 0 spiro atoms. The lowest BCUT2D eigenvalue weighted by atomic mass is 9.86. The van der Waals surface area contributed by atoms with Gasteiger partial charge in [-0.1, -0.05) is 214 Å². The number of hydrogen-bond acceptors (Lipinski definition) is 5. The van der Waals surface area contributed by atoms with Gasteiger partial charge < -0.3 is 14.9 Å². The molecule has 0 aromatic heterocycles. The van der Waals surface area contributed by atoms with Crippen LogP contribution in [0.1, 0.15) is 252 Å². The van der Waals surface area contributed by atoms with E-state index in [2.05, 4.69) is 20.8 Å². The van der Waals surface area contributed by atoms with Crippen LogP contribution in [-0.4, -0.2) is 39.8 Å². The molecule has 0 aliphatic carbocycles. The Balaban J connectivity index is 4.56. The standard InChI is InChI=1S/C44H86O5/c1-5-9-12-14-16-18-20-22-24-26-28-30-32-35-38-41(45)42(46)44(48,43(47)49-40(8-4)37-34-11-7-3)39-36-33-31-29-27-25-23-21-19-17-15-13-10-6-2/h40-41,45,48H,5-39H2,1-4H3. The van der Waals surface area contributed by atoms with E-state index in [1.165, 1.54) is 135 Å². The summed E-state index contributed by atoms with van der Waals surface area (Å²) in [6.07, 6.45) is 37.5. The minimum atomic E-state index is -2.26. The second-order valence-electron chi connectivity index (χ2n) is 15.4. The molecule has 0 rings (SSSR count). The molecular weight excluding hydrogens is 608 g/mol.